The predicted molar refractivity (Wildman–Crippen MR) is 82.4 cm³/mol. The van der Waals surface area contributed by atoms with Crippen molar-refractivity contribution in [2.75, 3.05) is 0 Å². The zero-order valence-electron chi connectivity index (χ0n) is 9.71. The molecule has 0 aliphatic heterocycles. The van der Waals surface area contributed by atoms with Crippen LogP contribution in [0.3, 0.4) is 0 Å². The monoisotopic (exact) mass is 280 g/mol. The Labute approximate surface area is 102 Å². The maximum Gasteiger partial charge on any atom is -0.0105 e. The van der Waals surface area contributed by atoms with Crippen LogP contribution >= 0.6 is 33.1 Å². The third-order valence-electron chi connectivity index (χ3n) is 4.60. The minimum atomic E-state index is 0.229. The maximum atomic E-state index is 3.17. The van der Waals surface area contributed by atoms with Crippen LogP contribution in [0.15, 0.2) is 0 Å². The molecular formula is C11H24P4. The van der Waals surface area contributed by atoms with Crippen LogP contribution in [0.1, 0.15) is 51.9 Å². The van der Waals surface area contributed by atoms with Crippen LogP contribution in [0.25, 0.3) is 0 Å². The summed E-state index contributed by atoms with van der Waals surface area (Å²) in [7, 11) is 7.48. The summed E-state index contributed by atoms with van der Waals surface area (Å²) in [5.74, 6) is 0.993. The van der Waals surface area contributed by atoms with E-state index in [1.54, 1.807) is 25.7 Å². The molecule has 1 spiro atoms. The van der Waals surface area contributed by atoms with Gasteiger partial charge < -0.3 is 0 Å². The van der Waals surface area contributed by atoms with E-state index in [0.29, 0.717) is 0 Å². The van der Waals surface area contributed by atoms with E-state index in [0.717, 1.165) is 24.9 Å². The maximum absolute atomic E-state index is 3.17. The van der Waals surface area contributed by atoms with Gasteiger partial charge >= 0.3 is 0 Å². The molecule has 88 valence electrons. The van der Waals surface area contributed by atoms with Crippen molar-refractivity contribution in [1.29, 1.82) is 0 Å². The smallest absolute Gasteiger partial charge is 0.0105 e. The molecule has 15 heavy (non-hydrogen) atoms. The van der Waals surface area contributed by atoms with Gasteiger partial charge in [0.05, 0.1) is 0 Å². The molecule has 0 aromatic rings. The second kappa shape index (κ2) is 5.57. The van der Waals surface area contributed by atoms with E-state index in [1.807, 2.05) is 0 Å². The molecule has 0 bridgehead atoms. The van der Waals surface area contributed by atoms with Gasteiger partial charge in [-0.2, -0.15) is 0 Å². The minimum Gasteiger partial charge on any atom is -0.110 e. The fraction of sp³-hybridized carbons (Fsp3) is 1.00. The summed E-state index contributed by atoms with van der Waals surface area (Å²) in [4.78, 5) is 0. The van der Waals surface area contributed by atoms with Gasteiger partial charge in [0.2, 0.25) is 0 Å². The lowest BCUT2D eigenvalue weighted by atomic mass is 9.69. The molecule has 6 atom stereocenters. The summed E-state index contributed by atoms with van der Waals surface area (Å²) in [6, 6.07) is 0. The van der Waals surface area contributed by atoms with Gasteiger partial charge in [0, 0.05) is 0 Å². The van der Waals surface area contributed by atoms with E-state index >= 15 is 0 Å². The average molecular weight is 280 g/mol. The summed E-state index contributed by atoms with van der Waals surface area (Å²) in [6.45, 7) is 2.50. The highest BCUT2D eigenvalue weighted by Crippen LogP contribution is 2.73. The number of rotatable bonds is 2. The van der Waals surface area contributed by atoms with Crippen LogP contribution in [0.2, 0.25) is 0 Å². The van der Waals surface area contributed by atoms with Crippen LogP contribution in [0.4, 0.5) is 0 Å². The summed E-state index contributed by atoms with van der Waals surface area (Å²) in [5, 5.41) is 0. The summed E-state index contributed by atoms with van der Waals surface area (Å²) >= 11 is 0. The van der Waals surface area contributed by atoms with Crippen molar-refractivity contribution < 1.29 is 0 Å². The van der Waals surface area contributed by atoms with Gasteiger partial charge in [-0.3, -0.25) is 0 Å². The van der Waals surface area contributed by atoms with Crippen molar-refractivity contribution in [3.63, 3.8) is 0 Å². The molecule has 2 aliphatic rings. The van der Waals surface area contributed by atoms with Gasteiger partial charge in [-0.15, -0.1) is 17.9 Å². The lowest BCUT2D eigenvalue weighted by Gasteiger charge is -2.44. The zero-order chi connectivity index (χ0) is 10.9. The first-order valence-corrected chi connectivity index (χ1v) is 12.9. The number of hydrogen-bond acceptors (Lipinski definition) is 0. The van der Waals surface area contributed by atoms with Crippen molar-refractivity contribution in [2.24, 2.45) is 11.3 Å². The molecule has 0 aromatic heterocycles. The van der Waals surface area contributed by atoms with E-state index in [9.17, 15) is 0 Å². The third kappa shape index (κ3) is 2.94. The fourth-order valence-corrected chi connectivity index (χ4v) is 9.53. The van der Waals surface area contributed by atoms with E-state index in [-0.39, 0.29) is 7.30 Å². The van der Waals surface area contributed by atoms with Gasteiger partial charge in [-0.1, -0.05) is 35.0 Å². The molecular weight excluding hydrogens is 256 g/mol. The first-order chi connectivity index (χ1) is 7.17. The van der Waals surface area contributed by atoms with Crippen molar-refractivity contribution in [3.8, 4) is 0 Å². The van der Waals surface area contributed by atoms with Crippen LogP contribution in [0.5, 0.6) is 0 Å². The third-order valence-corrected chi connectivity index (χ3v) is 16.1. The quantitative estimate of drug-likeness (QED) is 0.595. The second-order valence-corrected chi connectivity index (χ2v) is 15.1. The van der Waals surface area contributed by atoms with Crippen molar-refractivity contribution >= 4 is 33.1 Å². The molecule has 0 nitrogen and oxygen atoms in total. The summed E-state index contributed by atoms with van der Waals surface area (Å²) < 4.78 is 0. The summed E-state index contributed by atoms with van der Waals surface area (Å²) in [5.41, 5.74) is 1.85. The summed E-state index contributed by atoms with van der Waals surface area (Å²) in [6.07, 6.45) is 10.7. The SMILES string of the molecule is C[C@H]1CCC2(CCCC2)C[C@@H]1P(P)PP. The standard InChI is InChI=1S/C11H24P4/c1-9-4-7-11(5-2-3-6-11)8-10(9)15(13)14-12/h9-10,14H,2-8,12-13H2,1H3/t9-,10-,15?/m0/s1. The Hall–Kier alpha value is 1.72. The van der Waals surface area contributed by atoms with E-state index < -0.39 is 0 Å². The van der Waals surface area contributed by atoms with Crippen LogP contribution in [-0.4, -0.2) is 5.66 Å². The Balaban J connectivity index is 2.03. The Morgan fingerprint density at radius 2 is 1.93 bits per heavy atom. The molecule has 0 aromatic carbocycles. The first kappa shape index (κ1) is 13.2. The van der Waals surface area contributed by atoms with Crippen molar-refractivity contribution in [2.45, 2.75) is 57.5 Å². The average Bonchev–Trinajstić information content (AvgIpc) is 2.70. The van der Waals surface area contributed by atoms with Crippen LogP contribution in [0, 0.1) is 11.3 Å². The van der Waals surface area contributed by atoms with Gasteiger partial charge in [0.1, 0.15) is 0 Å². The van der Waals surface area contributed by atoms with E-state index in [4.69, 9.17) is 0 Å². The highest BCUT2D eigenvalue weighted by molar-refractivity contribution is 8.61. The highest BCUT2D eigenvalue weighted by Gasteiger charge is 2.42. The largest absolute Gasteiger partial charge is 0.110 e. The second-order valence-electron chi connectivity index (χ2n) is 5.53. The minimum absolute atomic E-state index is 0.229. The molecule has 2 fully saturated rings. The number of hydrogen-bond donors (Lipinski definition) is 0. The highest BCUT2D eigenvalue weighted by atomic mass is 32.6. The molecule has 4 unspecified atom stereocenters. The molecule has 4 heteroatoms. The van der Waals surface area contributed by atoms with Crippen LogP contribution < -0.4 is 0 Å². The predicted octanol–water partition coefficient (Wildman–Crippen LogP) is 5.39. The van der Waals surface area contributed by atoms with Crippen LogP contribution in [-0.2, 0) is 0 Å². The topological polar surface area (TPSA) is 0 Å². The van der Waals surface area contributed by atoms with Gasteiger partial charge in [-0.25, -0.2) is 0 Å². The molecule has 2 rings (SSSR count). The molecule has 0 amide bonds. The molecule has 0 radical (unpaired) electrons. The Kier molecular flexibility index (Phi) is 4.89. The van der Waals surface area contributed by atoms with Gasteiger partial charge in [-0.05, 0) is 49.1 Å². The lowest BCUT2D eigenvalue weighted by molar-refractivity contribution is 0.168. The normalized spacial score (nSPS) is 37.8. The Morgan fingerprint density at radius 1 is 1.27 bits per heavy atom. The van der Waals surface area contributed by atoms with Gasteiger partial charge in [0.15, 0.2) is 0 Å². The molecule has 0 heterocycles. The van der Waals surface area contributed by atoms with E-state index in [1.165, 1.54) is 19.3 Å². The van der Waals surface area contributed by atoms with Gasteiger partial charge in [0.25, 0.3) is 0 Å². The van der Waals surface area contributed by atoms with Crippen molar-refractivity contribution in [3.05, 3.63) is 0 Å². The Bertz CT molecular complexity index is 209. The lowest BCUT2D eigenvalue weighted by Crippen LogP contribution is -2.32. The van der Waals surface area contributed by atoms with E-state index in [2.05, 4.69) is 24.8 Å². The molecule has 2 saturated carbocycles. The van der Waals surface area contributed by atoms with Crippen molar-refractivity contribution in [1.82, 2.24) is 0 Å². The fourth-order valence-electron chi connectivity index (χ4n) is 3.52. The Morgan fingerprint density at radius 3 is 2.53 bits per heavy atom. The molecule has 0 N–H and O–H groups in total. The molecule has 0 saturated heterocycles. The molecule has 2 aliphatic carbocycles. The zero-order valence-corrected chi connectivity index (χ0v) is 13.9. The first-order valence-electron chi connectivity index (χ1n) is 6.17.